The van der Waals surface area contributed by atoms with E-state index in [0.717, 1.165) is 0 Å². The van der Waals surface area contributed by atoms with Crippen molar-refractivity contribution in [3.05, 3.63) is 24.3 Å². The Balaban J connectivity index is 0. The van der Waals surface area contributed by atoms with E-state index in [1.807, 2.05) is 0 Å². The third kappa shape index (κ3) is 16.4. The molecule has 0 aliphatic rings. The van der Waals surface area contributed by atoms with Gasteiger partial charge in [-0.05, 0) is 13.8 Å². The van der Waals surface area contributed by atoms with E-state index in [1.165, 1.54) is 24.3 Å². The monoisotopic (exact) mass is 372 g/mol. The van der Waals surface area contributed by atoms with Gasteiger partial charge in [0.05, 0.1) is 26.4 Å². The van der Waals surface area contributed by atoms with E-state index in [-0.39, 0.29) is 68.8 Å². The topological polar surface area (TPSA) is 111 Å². The first kappa shape index (κ1) is 25.8. The van der Waals surface area contributed by atoms with Gasteiger partial charge in [0.1, 0.15) is 0 Å². The van der Waals surface area contributed by atoms with Gasteiger partial charge in [0.25, 0.3) is 7.82 Å². The van der Waals surface area contributed by atoms with Gasteiger partial charge >= 0.3 is 41.5 Å². The van der Waals surface area contributed by atoms with E-state index in [4.69, 9.17) is 9.47 Å². The molecule has 0 amide bonds. The molecule has 0 rings (SSSR count). The van der Waals surface area contributed by atoms with Crippen LogP contribution in [-0.2, 0) is 32.7 Å². The summed E-state index contributed by atoms with van der Waals surface area (Å²) >= 11 is 0. The van der Waals surface area contributed by atoms with Crippen LogP contribution in [0.1, 0.15) is 26.7 Å². The van der Waals surface area contributed by atoms with E-state index in [0.29, 0.717) is 0 Å². The van der Waals surface area contributed by atoms with Crippen molar-refractivity contribution in [2.45, 2.75) is 26.7 Å². The first-order chi connectivity index (χ1) is 10.9. The van der Waals surface area contributed by atoms with Crippen molar-refractivity contribution in [3.63, 3.8) is 0 Å². The first-order valence-electron chi connectivity index (χ1n) is 7.10. The summed E-state index contributed by atoms with van der Waals surface area (Å²) in [6, 6.07) is 0. The molecule has 0 aromatic heterocycles. The third-order valence-corrected chi connectivity index (χ3v) is 3.17. The summed E-state index contributed by atoms with van der Waals surface area (Å²) in [7, 11) is -4.40. The summed E-state index contributed by atoms with van der Waals surface area (Å²) < 4.78 is 30.1. The minimum absolute atomic E-state index is 0. The molecule has 0 N–H and O–H groups in total. The van der Waals surface area contributed by atoms with Gasteiger partial charge in [0, 0.05) is 25.0 Å². The Morgan fingerprint density at radius 2 is 1.25 bits per heavy atom. The van der Waals surface area contributed by atoms with Gasteiger partial charge in [0.2, 0.25) is 0 Å². The van der Waals surface area contributed by atoms with Crippen LogP contribution in [0.2, 0.25) is 0 Å². The minimum Gasteiger partial charge on any atom is -0.756 e. The first-order valence-corrected chi connectivity index (χ1v) is 8.56. The number of rotatable bonds is 12. The maximum atomic E-state index is 11.4. The summed E-state index contributed by atoms with van der Waals surface area (Å²) in [5.41, 5.74) is 0. The number of carbonyl (C=O) groups is 2. The van der Waals surface area contributed by atoms with Gasteiger partial charge in [-0.15, -0.1) is 0 Å². The molecule has 0 bridgehead atoms. The molecule has 0 atom stereocenters. The Labute approximate surface area is 164 Å². The molecule has 0 heterocycles. The number of phosphoric acid groups is 1. The van der Waals surface area contributed by atoms with Crippen LogP contribution in [0.25, 0.3) is 0 Å². The maximum Gasteiger partial charge on any atom is 1.00 e. The predicted octanol–water partition coefficient (Wildman–Crippen LogP) is -1.49. The van der Waals surface area contributed by atoms with Gasteiger partial charge in [-0.2, -0.15) is 0 Å². The number of esters is 2. The van der Waals surface area contributed by atoms with E-state index in [1.54, 1.807) is 13.8 Å². The number of allylic oxidation sites excluding steroid dienone is 2. The molecule has 0 aromatic carbocycles. The fourth-order valence-corrected chi connectivity index (χ4v) is 2.00. The summed E-state index contributed by atoms with van der Waals surface area (Å²) in [4.78, 5) is 33.3. The summed E-state index contributed by atoms with van der Waals surface area (Å²) in [6.45, 7) is 3.14. The zero-order valence-electron chi connectivity index (χ0n) is 14.3. The van der Waals surface area contributed by atoms with Crippen molar-refractivity contribution < 1.29 is 67.1 Å². The van der Waals surface area contributed by atoms with Crippen LogP contribution in [0.4, 0.5) is 0 Å². The molecule has 0 unspecified atom stereocenters. The molecule has 0 spiro atoms. The van der Waals surface area contributed by atoms with Crippen molar-refractivity contribution in [1.82, 2.24) is 0 Å². The quantitative estimate of drug-likeness (QED) is 0.134. The molecule has 0 radical (unpaired) electrons. The second kappa shape index (κ2) is 16.0. The van der Waals surface area contributed by atoms with Gasteiger partial charge < -0.3 is 23.4 Å². The van der Waals surface area contributed by atoms with E-state index in [2.05, 4.69) is 9.05 Å². The molecule has 8 nitrogen and oxygen atoms in total. The van der Waals surface area contributed by atoms with Crippen molar-refractivity contribution in [1.29, 1.82) is 0 Å². The zero-order chi connectivity index (χ0) is 17.6. The Bertz CT molecular complexity index is 426. The average molecular weight is 372 g/mol. The number of phosphoric ester groups is 1. The largest absolute Gasteiger partial charge is 1.00 e. The van der Waals surface area contributed by atoms with Gasteiger partial charge in [-0.25, -0.2) is 9.59 Å². The van der Waals surface area contributed by atoms with Crippen LogP contribution in [0.5, 0.6) is 0 Å². The van der Waals surface area contributed by atoms with Crippen LogP contribution < -0.4 is 34.5 Å². The molecule has 10 heteroatoms. The van der Waals surface area contributed by atoms with Crippen LogP contribution in [0.15, 0.2) is 24.3 Å². The second-order valence-electron chi connectivity index (χ2n) is 4.16. The zero-order valence-corrected chi connectivity index (χ0v) is 17.2. The smallest absolute Gasteiger partial charge is 0.756 e. The molecule has 0 saturated heterocycles. The minimum atomic E-state index is -4.40. The summed E-state index contributed by atoms with van der Waals surface area (Å²) in [6.07, 6.45) is 6.03. The van der Waals surface area contributed by atoms with E-state index >= 15 is 0 Å². The van der Waals surface area contributed by atoms with Crippen LogP contribution in [0.3, 0.4) is 0 Å². The molecule has 0 aliphatic heterocycles. The molecular weight excluding hydrogens is 350 g/mol. The molecule has 0 saturated carbocycles. The Kier molecular flexibility index (Phi) is 17.2. The third-order valence-electron chi connectivity index (χ3n) is 2.17. The molecule has 24 heavy (non-hydrogen) atoms. The number of hydrogen-bond donors (Lipinski definition) is 0. The number of carbonyl (C=O) groups excluding carboxylic acids is 2. The Morgan fingerprint density at radius 3 is 1.58 bits per heavy atom. The fraction of sp³-hybridized carbons (Fsp3) is 0.571. The predicted molar refractivity (Wildman–Crippen MR) is 80.3 cm³/mol. The average Bonchev–Trinajstić information content (AvgIpc) is 2.47. The van der Waals surface area contributed by atoms with Crippen LogP contribution >= 0.6 is 7.82 Å². The Hall–Kier alpha value is -0.470. The molecule has 0 aliphatic carbocycles. The normalized spacial score (nSPS) is 13.5. The van der Waals surface area contributed by atoms with Crippen molar-refractivity contribution in [3.8, 4) is 0 Å². The fourth-order valence-electron chi connectivity index (χ4n) is 1.22. The molecule has 0 fully saturated rings. The Morgan fingerprint density at radius 1 is 0.875 bits per heavy atom. The van der Waals surface area contributed by atoms with Crippen LogP contribution in [0, 0.1) is 0 Å². The molecule has 132 valence electrons. The van der Waals surface area contributed by atoms with Crippen molar-refractivity contribution >= 4 is 19.8 Å². The van der Waals surface area contributed by atoms with Gasteiger partial charge in [-0.1, -0.05) is 12.2 Å². The van der Waals surface area contributed by atoms with Gasteiger partial charge in [0.15, 0.2) is 0 Å². The van der Waals surface area contributed by atoms with Crippen molar-refractivity contribution in [2.24, 2.45) is 0 Å². The number of ether oxygens (including phenoxy) is 2. The van der Waals surface area contributed by atoms with E-state index < -0.39 is 19.8 Å². The van der Waals surface area contributed by atoms with Crippen LogP contribution in [-0.4, -0.2) is 38.4 Å². The SMILES string of the molecule is CC=CC(=O)OCCCOP(=O)([O-])OCCCOC(=O)C=CC.[Na+]. The van der Waals surface area contributed by atoms with E-state index in [9.17, 15) is 19.0 Å². The number of hydrogen-bond acceptors (Lipinski definition) is 8. The maximum absolute atomic E-state index is 11.4. The second-order valence-corrected chi connectivity index (χ2v) is 5.57. The standard InChI is InChI=1S/C14H23O8P.Na/c1-3-7-13(15)19-9-5-11-21-23(17,18)22-12-6-10-20-14(16)8-4-2;/h3-4,7-8H,5-6,9-12H2,1-2H3,(H,17,18);/q;+1/p-1. The summed E-state index contributed by atoms with van der Waals surface area (Å²) in [5, 5.41) is 0. The van der Waals surface area contributed by atoms with Crippen molar-refractivity contribution in [2.75, 3.05) is 26.4 Å². The summed E-state index contributed by atoms with van der Waals surface area (Å²) in [5.74, 6) is -0.997. The molecular formula is C14H22NaO8P. The van der Waals surface area contributed by atoms with Gasteiger partial charge in [-0.3, -0.25) is 4.57 Å². The molecule has 0 aromatic rings.